The zero-order valence-corrected chi connectivity index (χ0v) is 19.4. The predicted molar refractivity (Wildman–Crippen MR) is 129 cm³/mol. The third-order valence-corrected chi connectivity index (χ3v) is 4.98. The first-order chi connectivity index (χ1) is 13.7. The quantitative estimate of drug-likeness (QED) is 0.370. The van der Waals surface area contributed by atoms with Crippen LogP contribution in [0.2, 0.25) is 0 Å². The third kappa shape index (κ3) is 6.32. The van der Waals surface area contributed by atoms with Gasteiger partial charge in [-0.25, -0.2) is 4.99 Å². The number of hydrogen-bond donors (Lipinski definition) is 2. The van der Waals surface area contributed by atoms with Crippen LogP contribution in [0.4, 0.5) is 5.69 Å². The largest absolute Gasteiger partial charge is 0.368 e. The molecule has 2 heterocycles. The van der Waals surface area contributed by atoms with Gasteiger partial charge in [-0.05, 0) is 50.5 Å². The highest BCUT2D eigenvalue weighted by molar-refractivity contribution is 14.0. The third-order valence-electron chi connectivity index (χ3n) is 4.98. The van der Waals surface area contributed by atoms with E-state index in [-0.39, 0.29) is 30.0 Å². The van der Waals surface area contributed by atoms with Crippen LogP contribution in [-0.2, 0) is 6.54 Å². The normalized spacial score (nSPS) is 16.5. The molecule has 0 spiro atoms. The molecule has 1 unspecified atom stereocenters. The first-order valence-electron chi connectivity index (χ1n) is 9.90. The van der Waals surface area contributed by atoms with Gasteiger partial charge in [0.2, 0.25) is 0 Å². The summed E-state index contributed by atoms with van der Waals surface area (Å²) in [6.07, 6.45) is 3.97. The van der Waals surface area contributed by atoms with Crippen LogP contribution in [0.15, 0.2) is 47.6 Å². The maximum atomic E-state index is 9.40. The standard InChI is InChI=1S/C22H28N6.HI/c1-3-24-22(26-15-20-17(2)8-6-12-25-20)27-19-10-7-13-28(16-19)21-11-5-4-9-18(21)14-23;/h4-6,8-9,11-12,19H,3,7,10,13,15-16H2,1-2H3,(H2,24,26,27);1H. The number of guanidine groups is 1. The molecule has 1 aromatic carbocycles. The lowest BCUT2D eigenvalue weighted by atomic mass is 10.0. The number of aliphatic imine (C=N–C) groups is 1. The Balaban J connectivity index is 0.00000300. The Bertz CT molecular complexity index is 860. The first-order valence-corrected chi connectivity index (χ1v) is 9.90. The second-order valence-corrected chi connectivity index (χ2v) is 7.02. The van der Waals surface area contributed by atoms with Gasteiger partial charge < -0.3 is 15.5 Å². The van der Waals surface area contributed by atoms with Crippen LogP contribution in [0, 0.1) is 18.3 Å². The summed E-state index contributed by atoms with van der Waals surface area (Å²) < 4.78 is 0. The van der Waals surface area contributed by atoms with Crippen molar-refractivity contribution in [2.45, 2.75) is 39.3 Å². The van der Waals surface area contributed by atoms with Crippen LogP contribution < -0.4 is 15.5 Å². The zero-order valence-electron chi connectivity index (χ0n) is 17.1. The van der Waals surface area contributed by atoms with Crippen LogP contribution in [-0.4, -0.2) is 36.6 Å². The monoisotopic (exact) mass is 504 g/mol. The van der Waals surface area contributed by atoms with E-state index in [1.165, 1.54) is 0 Å². The van der Waals surface area contributed by atoms with Crippen molar-refractivity contribution in [3.8, 4) is 6.07 Å². The number of hydrogen-bond acceptors (Lipinski definition) is 4. The molecule has 1 atom stereocenters. The summed E-state index contributed by atoms with van der Waals surface area (Å²) >= 11 is 0. The molecule has 1 saturated heterocycles. The van der Waals surface area contributed by atoms with Gasteiger partial charge in [0.15, 0.2) is 5.96 Å². The molecule has 154 valence electrons. The summed E-state index contributed by atoms with van der Waals surface area (Å²) in [5.74, 6) is 0.813. The van der Waals surface area contributed by atoms with Gasteiger partial charge in [0.25, 0.3) is 0 Å². The van der Waals surface area contributed by atoms with Crippen molar-refractivity contribution in [2.75, 3.05) is 24.5 Å². The molecule has 0 radical (unpaired) electrons. The molecule has 2 aromatic rings. The average Bonchev–Trinajstić information content (AvgIpc) is 2.73. The van der Waals surface area contributed by atoms with E-state index in [0.29, 0.717) is 6.54 Å². The second kappa shape index (κ2) is 11.6. The van der Waals surface area contributed by atoms with Crippen LogP contribution in [0.25, 0.3) is 0 Å². The fraction of sp³-hybridized carbons (Fsp3) is 0.409. The Morgan fingerprint density at radius 2 is 2.14 bits per heavy atom. The molecule has 6 nitrogen and oxygen atoms in total. The van der Waals surface area contributed by atoms with Gasteiger partial charge >= 0.3 is 0 Å². The van der Waals surface area contributed by atoms with Crippen molar-refractivity contribution in [2.24, 2.45) is 4.99 Å². The number of aryl methyl sites for hydroxylation is 1. The SMILES string of the molecule is CCNC(=NCc1ncccc1C)NC1CCCN(c2ccccc2C#N)C1.I. The number of halogens is 1. The summed E-state index contributed by atoms with van der Waals surface area (Å²) in [5, 5.41) is 16.3. The number of nitrogens with one attached hydrogen (secondary N) is 2. The van der Waals surface area contributed by atoms with E-state index < -0.39 is 0 Å². The highest BCUT2D eigenvalue weighted by atomic mass is 127. The predicted octanol–water partition coefficient (Wildman–Crippen LogP) is 3.60. The Labute approximate surface area is 190 Å². The molecule has 0 bridgehead atoms. The molecular formula is C22H29IN6. The topological polar surface area (TPSA) is 76.3 Å². The van der Waals surface area contributed by atoms with Gasteiger partial charge in [0.1, 0.15) is 6.07 Å². The van der Waals surface area contributed by atoms with Crippen molar-refractivity contribution in [1.29, 1.82) is 5.26 Å². The van der Waals surface area contributed by atoms with Crippen molar-refractivity contribution >= 4 is 35.6 Å². The fourth-order valence-corrected chi connectivity index (χ4v) is 3.51. The van der Waals surface area contributed by atoms with Crippen LogP contribution in [0.3, 0.4) is 0 Å². The summed E-state index contributed by atoms with van der Waals surface area (Å²) in [6.45, 7) is 7.31. The maximum Gasteiger partial charge on any atom is 0.191 e. The minimum absolute atomic E-state index is 0. The first kappa shape index (κ1) is 22.9. The maximum absolute atomic E-state index is 9.40. The van der Waals surface area contributed by atoms with E-state index >= 15 is 0 Å². The van der Waals surface area contributed by atoms with Crippen molar-refractivity contribution < 1.29 is 0 Å². The molecule has 1 aliphatic heterocycles. The summed E-state index contributed by atoms with van der Waals surface area (Å²) in [4.78, 5) is 11.5. The number of para-hydroxylation sites is 1. The number of nitriles is 1. The minimum Gasteiger partial charge on any atom is -0.368 e. The smallest absolute Gasteiger partial charge is 0.191 e. The Kier molecular flexibility index (Phi) is 9.19. The van der Waals surface area contributed by atoms with E-state index in [2.05, 4.69) is 46.5 Å². The molecule has 1 aromatic heterocycles. The van der Waals surface area contributed by atoms with Gasteiger partial charge in [-0.3, -0.25) is 4.98 Å². The molecule has 2 N–H and O–H groups in total. The highest BCUT2D eigenvalue weighted by Gasteiger charge is 2.22. The number of pyridine rings is 1. The molecule has 0 aliphatic carbocycles. The lowest BCUT2D eigenvalue weighted by Gasteiger charge is -2.35. The number of anilines is 1. The lowest BCUT2D eigenvalue weighted by Crippen LogP contribution is -2.51. The Hall–Kier alpha value is -2.34. The van der Waals surface area contributed by atoms with Crippen LogP contribution in [0.5, 0.6) is 0 Å². The van der Waals surface area contributed by atoms with E-state index in [1.54, 1.807) is 0 Å². The van der Waals surface area contributed by atoms with Crippen molar-refractivity contribution in [3.05, 3.63) is 59.4 Å². The molecule has 0 amide bonds. The number of aromatic nitrogens is 1. The van der Waals surface area contributed by atoms with Crippen LogP contribution >= 0.6 is 24.0 Å². The Morgan fingerprint density at radius 3 is 2.90 bits per heavy atom. The van der Waals surface area contributed by atoms with Crippen molar-refractivity contribution in [3.63, 3.8) is 0 Å². The van der Waals surface area contributed by atoms with Crippen molar-refractivity contribution in [1.82, 2.24) is 15.6 Å². The number of rotatable bonds is 5. The summed E-state index contributed by atoms with van der Waals surface area (Å²) in [5.41, 5.74) is 3.89. The number of nitrogens with zero attached hydrogens (tertiary/aromatic N) is 4. The summed E-state index contributed by atoms with van der Waals surface area (Å²) in [6, 6.07) is 14.4. The molecule has 3 rings (SSSR count). The second-order valence-electron chi connectivity index (χ2n) is 7.02. The summed E-state index contributed by atoms with van der Waals surface area (Å²) in [7, 11) is 0. The molecular weight excluding hydrogens is 475 g/mol. The van der Waals surface area contributed by atoms with Gasteiger partial charge in [-0.1, -0.05) is 18.2 Å². The van der Waals surface area contributed by atoms with Gasteiger partial charge in [0, 0.05) is 31.9 Å². The average molecular weight is 504 g/mol. The zero-order chi connectivity index (χ0) is 19.8. The Morgan fingerprint density at radius 1 is 1.31 bits per heavy atom. The number of piperidine rings is 1. The molecule has 1 fully saturated rings. The fourth-order valence-electron chi connectivity index (χ4n) is 3.51. The van der Waals surface area contributed by atoms with Crippen LogP contribution in [0.1, 0.15) is 36.6 Å². The minimum atomic E-state index is 0. The molecule has 29 heavy (non-hydrogen) atoms. The highest BCUT2D eigenvalue weighted by Crippen LogP contribution is 2.23. The molecule has 7 heteroatoms. The van der Waals surface area contributed by atoms with Gasteiger partial charge in [-0.15, -0.1) is 24.0 Å². The molecule has 0 saturated carbocycles. The number of benzene rings is 1. The van der Waals surface area contributed by atoms with Gasteiger partial charge in [-0.2, -0.15) is 5.26 Å². The van der Waals surface area contributed by atoms with E-state index in [4.69, 9.17) is 4.99 Å². The van der Waals surface area contributed by atoms with E-state index in [9.17, 15) is 5.26 Å². The van der Waals surface area contributed by atoms with E-state index in [1.807, 2.05) is 36.5 Å². The van der Waals surface area contributed by atoms with E-state index in [0.717, 1.165) is 60.9 Å². The lowest BCUT2D eigenvalue weighted by molar-refractivity contribution is 0.468. The van der Waals surface area contributed by atoms with Gasteiger partial charge in [0.05, 0.1) is 23.5 Å². The molecule has 1 aliphatic rings.